The van der Waals surface area contributed by atoms with Gasteiger partial charge in [0.2, 0.25) is 15.7 Å². The molecule has 23 heavy (non-hydrogen) atoms. The van der Waals surface area contributed by atoms with E-state index in [1.807, 2.05) is 6.92 Å². The molecule has 1 N–H and O–H groups in total. The van der Waals surface area contributed by atoms with Gasteiger partial charge in [-0.3, -0.25) is 9.20 Å². The van der Waals surface area contributed by atoms with Gasteiger partial charge in [-0.2, -0.15) is 0 Å². The van der Waals surface area contributed by atoms with Crippen LogP contribution in [0.15, 0.2) is 29.6 Å². The maximum Gasteiger partial charge on any atom is 0.254 e. The van der Waals surface area contributed by atoms with Crippen molar-refractivity contribution < 1.29 is 13.2 Å². The number of sulfone groups is 1. The number of amides is 1. The molecular formula is C15H22N4O3S. The van der Waals surface area contributed by atoms with E-state index in [1.165, 1.54) is 4.40 Å². The summed E-state index contributed by atoms with van der Waals surface area (Å²) in [5.41, 5.74) is 0.428. The Morgan fingerprint density at radius 1 is 1.22 bits per heavy atom. The molecule has 0 saturated carbocycles. The van der Waals surface area contributed by atoms with Gasteiger partial charge in [0.05, 0.1) is 0 Å². The van der Waals surface area contributed by atoms with Crippen LogP contribution >= 0.6 is 0 Å². The van der Waals surface area contributed by atoms with Gasteiger partial charge in [0, 0.05) is 12.2 Å². The van der Waals surface area contributed by atoms with Crippen LogP contribution in [0.25, 0.3) is 5.65 Å². The predicted molar refractivity (Wildman–Crippen MR) is 86.7 cm³/mol. The van der Waals surface area contributed by atoms with E-state index in [9.17, 15) is 13.2 Å². The first-order valence-corrected chi connectivity index (χ1v) is 9.26. The standard InChI is InChI=1S/C15H22N4O3S/c1-11(2)7-8-12(3)16-14(20)10-23(21,22)15-18-17-13-6-4-5-9-19(13)15/h4-6,9,11-12H,7-8,10H2,1-3H3,(H,16,20). The van der Waals surface area contributed by atoms with Crippen LogP contribution in [-0.4, -0.2) is 40.7 Å². The molecule has 0 aliphatic carbocycles. The SMILES string of the molecule is CC(C)CCC(C)NC(=O)CS(=O)(=O)c1nnc2ccccn12. The summed E-state index contributed by atoms with van der Waals surface area (Å²) in [5.74, 6) is -0.608. The van der Waals surface area contributed by atoms with Crippen molar-refractivity contribution in [2.24, 2.45) is 5.92 Å². The van der Waals surface area contributed by atoms with Crippen molar-refractivity contribution in [2.45, 2.75) is 44.8 Å². The van der Waals surface area contributed by atoms with E-state index in [-0.39, 0.29) is 11.2 Å². The molecule has 2 rings (SSSR count). The van der Waals surface area contributed by atoms with Gasteiger partial charge in [0.1, 0.15) is 5.75 Å². The second kappa shape index (κ2) is 7.08. The molecule has 1 amide bonds. The number of carbonyl (C=O) groups excluding carboxylic acids is 1. The van der Waals surface area contributed by atoms with Crippen molar-refractivity contribution in [1.82, 2.24) is 19.9 Å². The molecular weight excluding hydrogens is 316 g/mol. The van der Waals surface area contributed by atoms with Gasteiger partial charge in [-0.1, -0.05) is 19.9 Å². The lowest BCUT2D eigenvalue weighted by molar-refractivity contribution is -0.119. The van der Waals surface area contributed by atoms with Crippen LogP contribution in [0.5, 0.6) is 0 Å². The number of aromatic nitrogens is 3. The second-order valence-corrected chi connectivity index (χ2v) is 7.99. The Morgan fingerprint density at radius 2 is 1.96 bits per heavy atom. The van der Waals surface area contributed by atoms with E-state index < -0.39 is 21.5 Å². The van der Waals surface area contributed by atoms with Crippen LogP contribution in [0.2, 0.25) is 0 Å². The van der Waals surface area contributed by atoms with Gasteiger partial charge in [-0.05, 0) is 37.8 Å². The van der Waals surface area contributed by atoms with Crippen LogP contribution < -0.4 is 5.32 Å². The number of nitrogens with zero attached hydrogens (tertiary/aromatic N) is 3. The van der Waals surface area contributed by atoms with E-state index >= 15 is 0 Å². The summed E-state index contributed by atoms with van der Waals surface area (Å²) in [4.78, 5) is 12.0. The quantitative estimate of drug-likeness (QED) is 0.824. The molecule has 126 valence electrons. The van der Waals surface area contributed by atoms with Crippen molar-refractivity contribution in [1.29, 1.82) is 0 Å². The van der Waals surface area contributed by atoms with E-state index in [0.29, 0.717) is 11.6 Å². The highest BCUT2D eigenvalue weighted by Crippen LogP contribution is 2.11. The van der Waals surface area contributed by atoms with Crippen molar-refractivity contribution in [2.75, 3.05) is 5.75 Å². The molecule has 2 aromatic rings. The lowest BCUT2D eigenvalue weighted by atomic mass is 10.0. The summed E-state index contributed by atoms with van der Waals surface area (Å²) in [6.07, 6.45) is 3.35. The van der Waals surface area contributed by atoms with E-state index in [1.54, 1.807) is 24.4 Å². The fraction of sp³-hybridized carbons (Fsp3) is 0.533. The Hall–Kier alpha value is -1.96. The molecule has 8 heteroatoms. The van der Waals surface area contributed by atoms with Crippen molar-refractivity contribution >= 4 is 21.4 Å². The zero-order chi connectivity index (χ0) is 17.0. The Morgan fingerprint density at radius 3 is 2.65 bits per heavy atom. The average Bonchev–Trinajstić information content (AvgIpc) is 2.89. The molecule has 0 aromatic carbocycles. The maximum absolute atomic E-state index is 12.4. The van der Waals surface area contributed by atoms with Crippen LogP contribution in [-0.2, 0) is 14.6 Å². The molecule has 0 radical (unpaired) electrons. The summed E-state index contributed by atoms with van der Waals surface area (Å²) in [5, 5.41) is 10.0. The van der Waals surface area contributed by atoms with Gasteiger partial charge >= 0.3 is 0 Å². The van der Waals surface area contributed by atoms with Gasteiger partial charge in [-0.25, -0.2) is 8.42 Å². The third-order valence-corrected chi connectivity index (χ3v) is 4.94. The summed E-state index contributed by atoms with van der Waals surface area (Å²) >= 11 is 0. The largest absolute Gasteiger partial charge is 0.353 e. The fourth-order valence-corrected chi connectivity index (χ4v) is 3.42. The van der Waals surface area contributed by atoms with Gasteiger partial charge in [-0.15, -0.1) is 10.2 Å². The summed E-state index contributed by atoms with van der Waals surface area (Å²) in [6.45, 7) is 6.09. The van der Waals surface area contributed by atoms with Crippen LogP contribution in [0.1, 0.15) is 33.6 Å². The Kier molecular flexibility index (Phi) is 5.35. The van der Waals surface area contributed by atoms with Gasteiger partial charge in [0.25, 0.3) is 5.16 Å². The first kappa shape index (κ1) is 17.4. The van der Waals surface area contributed by atoms with Gasteiger partial charge in [0.15, 0.2) is 5.65 Å². The maximum atomic E-state index is 12.4. The number of hydrogen-bond acceptors (Lipinski definition) is 5. The molecule has 0 spiro atoms. The fourth-order valence-electron chi connectivity index (χ4n) is 2.24. The Bertz CT molecular complexity index is 783. The monoisotopic (exact) mass is 338 g/mol. The summed E-state index contributed by atoms with van der Waals surface area (Å²) < 4.78 is 26.1. The third kappa shape index (κ3) is 4.51. The average molecular weight is 338 g/mol. The molecule has 7 nitrogen and oxygen atoms in total. The van der Waals surface area contributed by atoms with E-state index in [2.05, 4.69) is 29.4 Å². The topological polar surface area (TPSA) is 93.4 Å². The smallest absolute Gasteiger partial charge is 0.254 e. The molecule has 2 heterocycles. The Labute approximate surface area is 136 Å². The highest BCUT2D eigenvalue weighted by atomic mass is 32.2. The van der Waals surface area contributed by atoms with Crippen LogP contribution in [0.3, 0.4) is 0 Å². The summed E-state index contributed by atoms with van der Waals surface area (Å²) in [6, 6.07) is 5.02. The lowest BCUT2D eigenvalue weighted by Gasteiger charge is -2.14. The minimum absolute atomic E-state index is 0.0600. The zero-order valence-electron chi connectivity index (χ0n) is 13.6. The zero-order valence-corrected chi connectivity index (χ0v) is 14.4. The van der Waals surface area contributed by atoms with Crippen molar-refractivity contribution in [3.63, 3.8) is 0 Å². The van der Waals surface area contributed by atoms with Crippen LogP contribution in [0.4, 0.5) is 0 Å². The predicted octanol–water partition coefficient (Wildman–Crippen LogP) is 1.44. The second-order valence-electron chi connectivity index (χ2n) is 6.11. The number of rotatable bonds is 7. The molecule has 0 bridgehead atoms. The number of hydrogen-bond donors (Lipinski definition) is 1. The van der Waals surface area contributed by atoms with Gasteiger partial charge < -0.3 is 5.32 Å². The van der Waals surface area contributed by atoms with Crippen LogP contribution in [0, 0.1) is 5.92 Å². The number of pyridine rings is 1. The number of fused-ring (bicyclic) bond motifs is 1. The first-order chi connectivity index (χ1) is 10.8. The molecule has 0 aliphatic heterocycles. The lowest BCUT2D eigenvalue weighted by Crippen LogP contribution is -2.37. The molecule has 0 fully saturated rings. The highest BCUT2D eigenvalue weighted by Gasteiger charge is 2.25. The van der Waals surface area contributed by atoms with E-state index in [4.69, 9.17) is 0 Å². The van der Waals surface area contributed by atoms with Crippen molar-refractivity contribution in [3.05, 3.63) is 24.4 Å². The Balaban J connectivity index is 2.05. The van der Waals surface area contributed by atoms with E-state index in [0.717, 1.165) is 12.8 Å². The molecule has 1 unspecified atom stereocenters. The minimum atomic E-state index is -3.84. The third-order valence-electron chi connectivity index (χ3n) is 3.47. The normalized spacial score (nSPS) is 13.4. The molecule has 0 aliphatic rings. The highest BCUT2D eigenvalue weighted by molar-refractivity contribution is 7.91. The first-order valence-electron chi connectivity index (χ1n) is 7.61. The minimum Gasteiger partial charge on any atom is -0.353 e. The molecule has 0 saturated heterocycles. The number of carbonyl (C=O) groups is 1. The number of nitrogens with one attached hydrogen (secondary N) is 1. The summed E-state index contributed by atoms with van der Waals surface area (Å²) in [7, 11) is -3.84. The molecule has 1 atom stereocenters. The van der Waals surface area contributed by atoms with Crippen molar-refractivity contribution in [3.8, 4) is 0 Å². The molecule has 2 aromatic heterocycles.